The highest BCUT2D eigenvalue weighted by Crippen LogP contribution is 2.42. The van der Waals surface area contributed by atoms with Gasteiger partial charge in [-0.1, -0.05) is 11.6 Å². The Bertz CT molecular complexity index is 1110. The molecule has 0 saturated carbocycles. The van der Waals surface area contributed by atoms with Crippen LogP contribution >= 0.6 is 11.6 Å². The van der Waals surface area contributed by atoms with Crippen LogP contribution in [-0.2, 0) is 14.3 Å². The van der Waals surface area contributed by atoms with E-state index in [1.165, 1.54) is 13.0 Å². The van der Waals surface area contributed by atoms with E-state index >= 15 is 0 Å². The number of ether oxygens (including phenoxy) is 2. The second kappa shape index (κ2) is 7.44. The number of pyridine rings is 1. The molecule has 1 aromatic heterocycles. The largest absolute Gasteiger partial charge is 0.463 e. The van der Waals surface area contributed by atoms with Gasteiger partial charge in [-0.2, -0.15) is 5.26 Å². The predicted octanol–water partition coefficient (Wildman–Crippen LogP) is 3.81. The highest BCUT2D eigenvalue weighted by atomic mass is 35.5. The van der Waals surface area contributed by atoms with Gasteiger partial charge in [0, 0.05) is 17.0 Å². The molecule has 1 aliphatic rings. The zero-order valence-corrected chi connectivity index (χ0v) is 15.6. The van der Waals surface area contributed by atoms with E-state index in [-0.39, 0.29) is 51.0 Å². The minimum atomic E-state index is -1.06. The zero-order valence-electron chi connectivity index (χ0n) is 14.8. The number of carbonyl (C=O) groups excluding carboxylic acids is 1. The van der Waals surface area contributed by atoms with Crippen LogP contribution in [0.4, 0.5) is 8.78 Å². The molecular formula is C19H14ClF2N3O3. The first-order valence-electron chi connectivity index (χ1n) is 8.19. The van der Waals surface area contributed by atoms with E-state index in [1.54, 1.807) is 6.92 Å². The quantitative estimate of drug-likeness (QED) is 0.615. The molecule has 0 spiro atoms. The molecule has 0 bridgehead atoms. The number of nitriles is 1. The van der Waals surface area contributed by atoms with Gasteiger partial charge in [0.15, 0.2) is 5.82 Å². The average molecular weight is 406 g/mol. The summed E-state index contributed by atoms with van der Waals surface area (Å²) >= 11 is 6.25. The summed E-state index contributed by atoms with van der Waals surface area (Å²) in [5, 5.41) is 9.52. The van der Waals surface area contributed by atoms with Gasteiger partial charge in [0.25, 0.3) is 0 Å². The van der Waals surface area contributed by atoms with Gasteiger partial charge in [-0.3, -0.25) is 0 Å². The first kappa shape index (κ1) is 19.6. The lowest BCUT2D eigenvalue weighted by atomic mass is 9.83. The molecular weight excluding hydrogens is 392 g/mol. The van der Waals surface area contributed by atoms with Gasteiger partial charge >= 0.3 is 5.97 Å². The number of hydrogen-bond acceptors (Lipinski definition) is 6. The number of nitrogens with two attached hydrogens (primary N) is 1. The summed E-state index contributed by atoms with van der Waals surface area (Å²) in [6.07, 6.45) is 0. The van der Waals surface area contributed by atoms with Crippen molar-refractivity contribution in [2.75, 3.05) is 6.61 Å². The molecule has 0 aliphatic carbocycles. The third-order valence-corrected chi connectivity index (χ3v) is 4.53. The second-order valence-corrected chi connectivity index (χ2v) is 6.30. The molecule has 3 rings (SSSR count). The van der Waals surface area contributed by atoms with Crippen LogP contribution in [0.25, 0.3) is 10.9 Å². The van der Waals surface area contributed by atoms with Gasteiger partial charge < -0.3 is 15.2 Å². The fraction of sp³-hybridized carbons (Fsp3) is 0.211. The van der Waals surface area contributed by atoms with Crippen molar-refractivity contribution in [1.29, 1.82) is 5.26 Å². The Hall–Kier alpha value is -3.18. The summed E-state index contributed by atoms with van der Waals surface area (Å²) in [6.45, 7) is 3.20. The van der Waals surface area contributed by atoms with Crippen molar-refractivity contribution in [1.82, 2.24) is 4.98 Å². The lowest BCUT2D eigenvalue weighted by molar-refractivity contribution is -0.139. The van der Waals surface area contributed by atoms with E-state index in [0.717, 1.165) is 6.07 Å². The molecule has 2 aromatic rings. The third-order valence-electron chi connectivity index (χ3n) is 4.23. The normalized spacial score (nSPS) is 16.8. The number of fused-ring (bicyclic) bond motifs is 1. The summed E-state index contributed by atoms with van der Waals surface area (Å²) < 4.78 is 38.1. The molecule has 144 valence electrons. The second-order valence-electron chi connectivity index (χ2n) is 5.94. The molecule has 0 saturated heterocycles. The van der Waals surface area contributed by atoms with Crippen LogP contribution in [0.3, 0.4) is 0 Å². The summed E-state index contributed by atoms with van der Waals surface area (Å²) in [5.74, 6) is -3.56. The number of carbonyl (C=O) groups is 1. The van der Waals surface area contributed by atoms with E-state index in [9.17, 15) is 18.8 Å². The highest BCUT2D eigenvalue weighted by Gasteiger charge is 2.38. The number of aromatic nitrogens is 1. The van der Waals surface area contributed by atoms with Gasteiger partial charge in [-0.25, -0.2) is 18.6 Å². The van der Waals surface area contributed by atoms with Crippen molar-refractivity contribution in [3.8, 4) is 6.07 Å². The van der Waals surface area contributed by atoms with Crippen molar-refractivity contribution in [3.05, 3.63) is 63.3 Å². The third kappa shape index (κ3) is 3.25. The van der Waals surface area contributed by atoms with Crippen molar-refractivity contribution in [3.63, 3.8) is 0 Å². The minimum Gasteiger partial charge on any atom is -0.463 e. The van der Waals surface area contributed by atoms with Gasteiger partial charge in [-0.15, -0.1) is 0 Å². The number of nitrogens with zero attached hydrogens (tertiary/aromatic N) is 2. The van der Waals surface area contributed by atoms with E-state index in [4.69, 9.17) is 26.8 Å². The van der Waals surface area contributed by atoms with Crippen LogP contribution in [0.5, 0.6) is 0 Å². The van der Waals surface area contributed by atoms with Crippen LogP contribution in [0.15, 0.2) is 41.0 Å². The summed E-state index contributed by atoms with van der Waals surface area (Å²) in [6, 6.07) is 5.03. The summed E-state index contributed by atoms with van der Waals surface area (Å²) in [4.78, 5) is 16.5. The standard InChI is InChI=1S/C19H14ClF2N3O3/c1-3-27-19(26)14-8(2)28-18(24)12(7-23)15(14)11-5-9-4-10(21)6-13(22)16(9)25-17(11)20/h4-6,15H,3,24H2,1-2H3. The van der Waals surface area contributed by atoms with Crippen LogP contribution in [0.2, 0.25) is 5.15 Å². The van der Waals surface area contributed by atoms with Crippen LogP contribution in [-0.4, -0.2) is 17.6 Å². The monoisotopic (exact) mass is 405 g/mol. The van der Waals surface area contributed by atoms with E-state index < -0.39 is 23.5 Å². The molecule has 1 unspecified atom stereocenters. The smallest absolute Gasteiger partial charge is 0.338 e. The Morgan fingerprint density at radius 3 is 2.79 bits per heavy atom. The maximum Gasteiger partial charge on any atom is 0.338 e. The highest BCUT2D eigenvalue weighted by molar-refractivity contribution is 6.30. The molecule has 1 atom stereocenters. The Balaban J connectivity index is 2.30. The molecule has 0 radical (unpaired) electrons. The summed E-state index contributed by atoms with van der Waals surface area (Å²) in [5.41, 5.74) is 5.77. The maximum atomic E-state index is 14.0. The first-order valence-corrected chi connectivity index (χ1v) is 8.56. The number of halogens is 3. The number of rotatable bonds is 3. The molecule has 0 fully saturated rings. The topological polar surface area (TPSA) is 98.2 Å². The number of hydrogen-bond donors (Lipinski definition) is 1. The lowest BCUT2D eigenvalue weighted by Crippen LogP contribution is -2.26. The van der Waals surface area contributed by atoms with Gasteiger partial charge in [0.05, 0.1) is 18.1 Å². The van der Waals surface area contributed by atoms with Gasteiger partial charge in [-0.05, 0) is 26.0 Å². The minimum absolute atomic E-state index is 0.00697. The van der Waals surface area contributed by atoms with Gasteiger partial charge in [0.2, 0.25) is 5.88 Å². The van der Waals surface area contributed by atoms with Crippen LogP contribution < -0.4 is 5.73 Å². The summed E-state index contributed by atoms with van der Waals surface area (Å²) in [7, 11) is 0. The Morgan fingerprint density at radius 2 is 2.14 bits per heavy atom. The van der Waals surface area contributed by atoms with E-state index in [1.807, 2.05) is 6.07 Å². The molecule has 2 heterocycles. The Kier molecular flexibility index (Phi) is 5.21. The van der Waals surface area contributed by atoms with Gasteiger partial charge in [0.1, 0.15) is 33.9 Å². The lowest BCUT2D eigenvalue weighted by Gasteiger charge is -2.27. The maximum absolute atomic E-state index is 14.0. The SMILES string of the molecule is CCOC(=O)C1=C(C)OC(N)=C(C#N)C1c1cc2cc(F)cc(F)c2nc1Cl. The molecule has 1 aromatic carbocycles. The Morgan fingerprint density at radius 1 is 1.43 bits per heavy atom. The molecule has 28 heavy (non-hydrogen) atoms. The fourth-order valence-corrected chi connectivity index (χ4v) is 3.32. The van der Waals surface area contributed by atoms with Crippen LogP contribution in [0.1, 0.15) is 25.3 Å². The molecule has 9 heteroatoms. The van der Waals surface area contributed by atoms with Crippen molar-refractivity contribution < 1.29 is 23.0 Å². The number of esters is 1. The predicted molar refractivity (Wildman–Crippen MR) is 96.7 cm³/mol. The van der Waals surface area contributed by atoms with Crippen molar-refractivity contribution >= 4 is 28.5 Å². The van der Waals surface area contributed by atoms with E-state index in [2.05, 4.69) is 4.98 Å². The average Bonchev–Trinajstić information content (AvgIpc) is 2.61. The van der Waals surface area contributed by atoms with Crippen molar-refractivity contribution in [2.24, 2.45) is 5.73 Å². The van der Waals surface area contributed by atoms with Crippen molar-refractivity contribution in [2.45, 2.75) is 19.8 Å². The Labute approximate surface area is 163 Å². The molecule has 1 aliphatic heterocycles. The van der Waals surface area contributed by atoms with Crippen LogP contribution in [0, 0.1) is 23.0 Å². The van der Waals surface area contributed by atoms with E-state index in [0.29, 0.717) is 6.07 Å². The molecule has 0 amide bonds. The zero-order chi connectivity index (χ0) is 20.6. The fourth-order valence-electron chi connectivity index (χ4n) is 3.07. The number of allylic oxidation sites excluding steroid dienone is 2. The first-order chi connectivity index (χ1) is 13.3. The molecule has 6 nitrogen and oxygen atoms in total. The number of benzene rings is 1. The molecule has 2 N–H and O–H groups in total.